The van der Waals surface area contributed by atoms with Crippen molar-refractivity contribution in [2.75, 3.05) is 12.4 Å². The third kappa shape index (κ3) is 2.74. The highest BCUT2D eigenvalue weighted by molar-refractivity contribution is 5.89. The van der Waals surface area contributed by atoms with Crippen molar-refractivity contribution in [1.29, 1.82) is 0 Å². The van der Waals surface area contributed by atoms with Gasteiger partial charge in [-0.25, -0.2) is 9.78 Å². The van der Waals surface area contributed by atoms with Crippen molar-refractivity contribution in [2.45, 2.75) is 13.5 Å². The summed E-state index contributed by atoms with van der Waals surface area (Å²) < 4.78 is 15.3. The van der Waals surface area contributed by atoms with Crippen molar-refractivity contribution in [3.8, 4) is 0 Å². The molecular formula is C15H14N2O4. The lowest BCUT2D eigenvalue weighted by Crippen LogP contribution is -2.00. The van der Waals surface area contributed by atoms with Gasteiger partial charge in [0.2, 0.25) is 0 Å². The maximum absolute atomic E-state index is 11.3. The molecule has 3 aromatic rings. The average molecular weight is 286 g/mol. The lowest BCUT2D eigenvalue weighted by Gasteiger charge is -2.03. The number of aromatic nitrogens is 1. The molecule has 0 fully saturated rings. The van der Waals surface area contributed by atoms with Crippen molar-refractivity contribution >= 4 is 22.8 Å². The van der Waals surface area contributed by atoms with Crippen LogP contribution in [0.3, 0.4) is 0 Å². The summed E-state index contributed by atoms with van der Waals surface area (Å²) in [5.41, 5.74) is 2.85. The number of fused-ring (bicyclic) bond motifs is 1. The molecule has 6 heteroatoms. The van der Waals surface area contributed by atoms with E-state index in [4.69, 9.17) is 8.83 Å². The molecule has 0 amide bonds. The van der Waals surface area contributed by atoms with E-state index in [1.165, 1.54) is 13.4 Å². The molecular weight excluding hydrogens is 272 g/mol. The fraction of sp³-hybridized carbons (Fsp3) is 0.200. The van der Waals surface area contributed by atoms with Crippen LogP contribution >= 0.6 is 0 Å². The molecule has 0 radical (unpaired) electrons. The number of aryl methyl sites for hydroxylation is 1. The van der Waals surface area contributed by atoms with E-state index in [1.807, 2.05) is 25.1 Å². The molecule has 3 rings (SSSR count). The molecule has 21 heavy (non-hydrogen) atoms. The van der Waals surface area contributed by atoms with Crippen LogP contribution in [0.5, 0.6) is 0 Å². The molecule has 0 aliphatic rings. The van der Waals surface area contributed by atoms with E-state index >= 15 is 0 Å². The van der Waals surface area contributed by atoms with Crippen LogP contribution in [0.15, 0.2) is 39.4 Å². The molecule has 0 aliphatic heterocycles. The Hall–Kier alpha value is -2.76. The summed E-state index contributed by atoms with van der Waals surface area (Å²) in [4.78, 5) is 15.6. The topological polar surface area (TPSA) is 77.5 Å². The number of benzene rings is 1. The Morgan fingerprint density at radius 1 is 1.38 bits per heavy atom. The molecule has 6 nitrogen and oxygen atoms in total. The van der Waals surface area contributed by atoms with E-state index in [-0.39, 0.29) is 0 Å². The normalized spacial score (nSPS) is 10.8. The standard InChI is InChI=1S/C15H14N2O4/c1-9-17-13-6-11(3-4-14(13)21-9)16-7-12-5-10(8-20-12)15(18)19-2/h3-6,8,16H,7H2,1-2H3. The number of esters is 1. The predicted molar refractivity (Wildman–Crippen MR) is 76.1 cm³/mol. The first-order valence-electron chi connectivity index (χ1n) is 6.42. The fourth-order valence-corrected chi connectivity index (χ4v) is 2.04. The fourth-order valence-electron chi connectivity index (χ4n) is 2.04. The zero-order valence-electron chi connectivity index (χ0n) is 11.7. The largest absolute Gasteiger partial charge is 0.467 e. The van der Waals surface area contributed by atoms with Gasteiger partial charge >= 0.3 is 5.97 Å². The van der Waals surface area contributed by atoms with E-state index < -0.39 is 5.97 Å². The van der Waals surface area contributed by atoms with Gasteiger partial charge in [-0.1, -0.05) is 0 Å². The third-order valence-electron chi connectivity index (χ3n) is 3.04. The molecule has 2 heterocycles. The molecule has 0 aliphatic carbocycles. The first kappa shape index (κ1) is 13.2. The van der Waals surface area contributed by atoms with E-state index in [0.29, 0.717) is 23.8 Å². The molecule has 1 aromatic carbocycles. The molecule has 0 saturated heterocycles. The van der Waals surface area contributed by atoms with Gasteiger partial charge in [-0.3, -0.25) is 0 Å². The Kier molecular flexibility index (Phi) is 3.35. The van der Waals surface area contributed by atoms with Crippen molar-refractivity contribution in [3.05, 3.63) is 47.7 Å². The summed E-state index contributed by atoms with van der Waals surface area (Å²) in [6, 6.07) is 7.31. The number of carbonyl (C=O) groups is 1. The van der Waals surface area contributed by atoms with Gasteiger partial charge < -0.3 is 18.9 Å². The summed E-state index contributed by atoms with van der Waals surface area (Å²) in [5.74, 6) is 0.868. The monoisotopic (exact) mass is 286 g/mol. The average Bonchev–Trinajstić information content (AvgIpc) is 3.09. The van der Waals surface area contributed by atoms with Crippen molar-refractivity contribution < 1.29 is 18.4 Å². The summed E-state index contributed by atoms with van der Waals surface area (Å²) in [7, 11) is 1.34. The van der Waals surface area contributed by atoms with Crippen LogP contribution in [0.25, 0.3) is 11.1 Å². The zero-order valence-corrected chi connectivity index (χ0v) is 11.7. The number of nitrogens with one attached hydrogen (secondary N) is 1. The number of hydrogen-bond donors (Lipinski definition) is 1. The van der Waals surface area contributed by atoms with Gasteiger partial charge in [0.05, 0.1) is 19.2 Å². The highest BCUT2D eigenvalue weighted by Crippen LogP contribution is 2.20. The molecule has 2 aromatic heterocycles. The lowest BCUT2D eigenvalue weighted by atomic mass is 10.2. The highest BCUT2D eigenvalue weighted by Gasteiger charge is 2.10. The van der Waals surface area contributed by atoms with Crippen LogP contribution in [0, 0.1) is 6.92 Å². The number of rotatable bonds is 4. The minimum atomic E-state index is -0.413. The smallest absolute Gasteiger partial charge is 0.341 e. The quantitative estimate of drug-likeness (QED) is 0.742. The molecule has 1 N–H and O–H groups in total. The van der Waals surface area contributed by atoms with Gasteiger partial charge in [-0.05, 0) is 24.3 Å². The Morgan fingerprint density at radius 3 is 3.05 bits per heavy atom. The van der Waals surface area contributed by atoms with E-state index in [9.17, 15) is 4.79 Å². The lowest BCUT2D eigenvalue weighted by molar-refractivity contribution is 0.0600. The van der Waals surface area contributed by atoms with Crippen molar-refractivity contribution in [3.63, 3.8) is 0 Å². The highest BCUT2D eigenvalue weighted by atomic mass is 16.5. The first-order valence-corrected chi connectivity index (χ1v) is 6.42. The van der Waals surface area contributed by atoms with Crippen LogP contribution in [-0.4, -0.2) is 18.1 Å². The second-order valence-corrected chi connectivity index (χ2v) is 4.56. The molecule has 0 saturated carbocycles. The van der Waals surface area contributed by atoms with E-state index in [1.54, 1.807) is 6.07 Å². The number of oxazole rings is 1. The van der Waals surface area contributed by atoms with E-state index in [2.05, 4.69) is 15.0 Å². The molecule has 0 unspecified atom stereocenters. The SMILES string of the molecule is COC(=O)c1coc(CNc2ccc3oc(C)nc3c2)c1. The Labute approximate surface area is 120 Å². The summed E-state index contributed by atoms with van der Waals surface area (Å²) in [6.45, 7) is 2.27. The number of anilines is 1. The zero-order chi connectivity index (χ0) is 14.8. The summed E-state index contributed by atoms with van der Waals surface area (Å²) in [5, 5.41) is 3.21. The van der Waals surface area contributed by atoms with Crippen LogP contribution in [0.2, 0.25) is 0 Å². The minimum absolute atomic E-state index is 0.400. The maximum atomic E-state index is 11.3. The summed E-state index contributed by atoms with van der Waals surface area (Å²) in [6.07, 6.45) is 1.38. The Morgan fingerprint density at radius 2 is 2.24 bits per heavy atom. The molecule has 108 valence electrons. The number of nitrogens with zero attached hydrogens (tertiary/aromatic N) is 1. The minimum Gasteiger partial charge on any atom is -0.467 e. The van der Waals surface area contributed by atoms with Gasteiger partial charge in [0.15, 0.2) is 11.5 Å². The third-order valence-corrected chi connectivity index (χ3v) is 3.04. The summed E-state index contributed by atoms with van der Waals surface area (Å²) >= 11 is 0. The van der Waals surface area contributed by atoms with Gasteiger partial charge in [-0.15, -0.1) is 0 Å². The van der Waals surface area contributed by atoms with Gasteiger partial charge in [0, 0.05) is 12.6 Å². The van der Waals surface area contributed by atoms with E-state index in [0.717, 1.165) is 16.8 Å². The number of carbonyl (C=O) groups excluding carboxylic acids is 1. The number of ether oxygens (including phenoxy) is 1. The number of furan rings is 1. The molecule has 0 atom stereocenters. The number of methoxy groups -OCH3 is 1. The Balaban J connectivity index is 1.70. The van der Waals surface area contributed by atoms with Crippen LogP contribution in [-0.2, 0) is 11.3 Å². The second-order valence-electron chi connectivity index (χ2n) is 4.56. The molecule has 0 bridgehead atoms. The predicted octanol–water partition coefficient (Wildman–Crippen LogP) is 3.13. The van der Waals surface area contributed by atoms with Crippen molar-refractivity contribution in [1.82, 2.24) is 4.98 Å². The number of hydrogen-bond acceptors (Lipinski definition) is 6. The van der Waals surface area contributed by atoms with Gasteiger partial charge in [-0.2, -0.15) is 0 Å². The first-order chi connectivity index (χ1) is 10.2. The van der Waals surface area contributed by atoms with Crippen LogP contribution < -0.4 is 5.32 Å². The Bertz CT molecular complexity index is 788. The van der Waals surface area contributed by atoms with Gasteiger partial charge in [0.25, 0.3) is 0 Å². The maximum Gasteiger partial charge on any atom is 0.341 e. The van der Waals surface area contributed by atoms with Crippen LogP contribution in [0.1, 0.15) is 22.0 Å². The second kappa shape index (κ2) is 5.32. The van der Waals surface area contributed by atoms with Crippen molar-refractivity contribution in [2.24, 2.45) is 0 Å². The molecule has 0 spiro atoms. The van der Waals surface area contributed by atoms with Gasteiger partial charge in [0.1, 0.15) is 17.5 Å². The van der Waals surface area contributed by atoms with Crippen LogP contribution in [0.4, 0.5) is 5.69 Å².